The summed E-state index contributed by atoms with van der Waals surface area (Å²) in [5.74, 6) is -0.457. The van der Waals surface area contributed by atoms with E-state index in [0.29, 0.717) is 23.1 Å². The van der Waals surface area contributed by atoms with E-state index in [2.05, 4.69) is 15.2 Å². The van der Waals surface area contributed by atoms with E-state index in [1.54, 1.807) is 0 Å². The van der Waals surface area contributed by atoms with E-state index < -0.39 is 5.82 Å². The fourth-order valence-electron chi connectivity index (χ4n) is 1.19. The summed E-state index contributed by atoms with van der Waals surface area (Å²) in [7, 11) is 0. The molecule has 5 heteroatoms. The second kappa shape index (κ2) is 2.96. The molecule has 2 heterocycles. The van der Waals surface area contributed by atoms with Crippen molar-refractivity contribution in [1.82, 2.24) is 15.2 Å². The molecule has 0 saturated heterocycles. The van der Waals surface area contributed by atoms with Gasteiger partial charge in [-0.15, -0.1) is 0 Å². The Hall–Kier alpha value is -1.16. The minimum atomic E-state index is -0.457. The van der Waals surface area contributed by atoms with Crippen molar-refractivity contribution in [2.24, 2.45) is 0 Å². The number of hydrogen-bond acceptors (Lipinski definition) is 2. The lowest BCUT2D eigenvalue weighted by Gasteiger charge is -2.00. The van der Waals surface area contributed by atoms with Crippen LogP contribution in [-0.2, 0) is 6.42 Å². The summed E-state index contributed by atoms with van der Waals surface area (Å²) in [4.78, 5) is 4.06. The monoisotopic (exact) mass is 199 g/mol. The number of pyridine rings is 1. The Bertz CT molecular complexity index is 452. The van der Waals surface area contributed by atoms with E-state index >= 15 is 0 Å². The van der Waals surface area contributed by atoms with E-state index in [9.17, 15) is 4.39 Å². The van der Waals surface area contributed by atoms with Gasteiger partial charge in [-0.2, -0.15) is 5.10 Å². The Balaban J connectivity index is 2.83. The SMILES string of the molecule is CCc1nc2cn[nH]c2c(Cl)c1F. The fourth-order valence-corrected chi connectivity index (χ4v) is 1.44. The largest absolute Gasteiger partial charge is 0.275 e. The van der Waals surface area contributed by atoms with Crippen molar-refractivity contribution < 1.29 is 4.39 Å². The zero-order valence-electron chi connectivity index (χ0n) is 6.93. The second-order valence-corrected chi connectivity index (χ2v) is 3.05. The molecule has 0 bridgehead atoms. The number of halogens is 2. The average Bonchev–Trinajstić information content (AvgIpc) is 2.59. The first kappa shape index (κ1) is 8.44. The van der Waals surface area contributed by atoms with Gasteiger partial charge in [-0.25, -0.2) is 9.37 Å². The van der Waals surface area contributed by atoms with Gasteiger partial charge in [-0.05, 0) is 6.42 Å². The highest BCUT2D eigenvalue weighted by Crippen LogP contribution is 2.24. The van der Waals surface area contributed by atoms with Gasteiger partial charge < -0.3 is 0 Å². The third-order valence-corrected chi connectivity index (χ3v) is 2.23. The van der Waals surface area contributed by atoms with E-state index in [-0.39, 0.29) is 5.02 Å². The molecule has 0 aliphatic carbocycles. The molecule has 2 aromatic rings. The first-order valence-corrected chi connectivity index (χ1v) is 4.28. The van der Waals surface area contributed by atoms with Crippen molar-refractivity contribution in [3.05, 3.63) is 22.7 Å². The number of rotatable bonds is 1. The van der Waals surface area contributed by atoms with E-state index in [1.165, 1.54) is 6.20 Å². The molecule has 0 saturated carbocycles. The minimum Gasteiger partial charge on any atom is -0.275 e. The number of aromatic nitrogens is 3. The minimum absolute atomic E-state index is 0.0688. The molecule has 13 heavy (non-hydrogen) atoms. The number of hydrogen-bond donors (Lipinski definition) is 1. The number of nitrogens with one attached hydrogen (secondary N) is 1. The van der Waals surface area contributed by atoms with Crippen LogP contribution in [0.25, 0.3) is 11.0 Å². The predicted octanol–water partition coefficient (Wildman–Crippen LogP) is 2.31. The van der Waals surface area contributed by atoms with E-state index in [4.69, 9.17) is 11.6 Å². The van der Waals surface area contributed by atoms with Gasteiger partial charge >= 0.3 is 0 Å². The van der Waals surface area contributed by atoms with Crippen LogP contribution in [0.1, 0.15) is 12.6 Å². The lowest BCUT2D eigenvalue weighted by molar-refractivity contribution is 0.605. The van der Waals surface area contributed by atoms with Crippen molar-refractivity contribution in [1.29, 1.82) is 0 Å². The van der Waals surface area contributed by atoms with Gasteiger partial charge in [0, 0.05) is 0 Å². The smallest absolute Gasteiger partial charge is 0.165 e. The Morgan fingerprint density at radius 1 is 1.62 bits per heavy atom. The zero-order valence-corrected chi connectivity index (χ0v) is 7.69. The van der Waals surface area contributed by atoms with Gasteiger partial charge in [0.25, 0.3) is 0 Å². The highest BCUT2D eigenvalue weighted by atomic mass is 35.5. The number of aryl methyl sites for hydroxylation is 1. The average molecular weight is 200 g/mol. The first-order chi connectivity index (χ1) is 6.24. The van der Waals surface area contributed by atoms with Crippen molar-refractivity contribution in [3.63, 3.8) is 0 Å². The van der Waals surface area contributed by atoms with Gasteiger partial charge in [0.05, 0.1) is 11.9 Å². The maximum atomic E-state index is 13.4. The molecule has 68 valence electrons. The molecule has 0 aliphatic heterocycles. The summed E-state index contributed by atoms with van der Waals surface area (Å²) < 4.78 is 13.4. The highest BCUT2D eigenvalue weighted by molar-refractivity contribution is 6.35. The van der Waals surface area contributed by atoms with Crippen LogP contribution in [0.4, 0.5) is 4.39 Å². The summed E-state index contributed by atoms with van der Waals surface area (Å²) >= 11 is 5.77. The molecule has 0 radical (unpaired) electrons. The van der Waals surface area contributed by atoms with Crippen LogP contribution in [0.15, 0.2) is 6.20 Å². The lowest BCUT2D eigenvalue weighted by atomic mass is 10.2. The van der Waals surface area contributed by atoms with Gasteiger partial charge in [0.15, 0.2) is 5.82 Å². The van der Waals surface area contributed by atoms with Crippen LogP contribution < -0.4 is 0 Å². The third-order valence-electron chi connectivity index (χ3n) is 1.88. The fraction of sp³-hybridized carbons (Fsp3) is 0.250. The number of nitrogens with zero attached hydrogens (tertiary/aromatic N) is 2. The van der Waals surface area contributed by atoms with Crippen LogP contribution >= 0.6 is 11.6 Å². The molecule has 2 aromatic heterocycles. The van der Waals surface area contributed by atoms with Crippen molar-refractivity contribution in [3.8, 4) is 0 Å². The molecule has 0 spiro atoms. The Kier molecular flexibility index (Phi) is 1.92. The summed E-state index contributed by atoms with van der Waals surface area (Å²) in [6.45, 7) is 1.83. The van der Waals surface area contributed by atoms with Crippen molar-refractivity contribution in [2.75, 3.05) is 0 Å². The summed E-state index contributed by atoms with van der Waals surface area (Å²) in [5.41, 5.74) is 1.43. The Labute approximate surface area is 78.9 Å². The lowest BCUT2D eigenvalue weighted by Crippen LogP contribution is -1.94. The molecule has 3 nitrogen and oxygen atoms in total. The van der Waals surface area contributed by atoms with Crippen LogP contribution in [0.3, 0.4) is 0 Å². The molecule has 2 rings (SSSR count). The third kappa shape index (κ3) is 1.18. The zero-order chi connectivity index (χ0) is 9.42. The molecule has 0 amide bonds. The second-order valence-electron chi connectivity index (χ2n) is 2.67. The van der Waals surface area contributed by atoms with Gasteiger partial charge in [-0.1, -0.05) is 18.5 Å². The standard InChI is InChI=1S/C8H7ClFN3/c1-2-4-7(10)6(9)8-5(12-4)3-11-13-8/h3H,2H2,1H3,(H,11,13). The van der Waals surface area contributed by atoms with Gasteiger partial charge in [0.1, 0.15) is 16.1 Å². The maximum absolute atomic E-state index is 13.4. The summed E-state index contributed by atoms with van der Waals surface area (Å²) in [5, 5.41) is 6.40. The molecule has 1 N–H and O–H groups in total. The predicted molar refractivity (Wildman–Crippen MR) is 48.2 cm³/mol. The molecule has 0 fully saturated rings. The number of fused-ring (bicyclic) bond motifs is 1. The topological polar surface area (TPSA) is 41.6 Å². The molecule has 0 unspecified atom stereocenters. The molecular weight excluding hydrogens is 193 g/mol. The molecule has 0 aliphatic rings. The Morgan fingerprint density at radius 2 is 2.38 bits per heavy atom. The van der Waals surface area contributed by atoms with Crippen molar-refractivity contribution >= 4 is 22.6 Å². The number of aromatic amines is 1. The van der Waals surface area contributed by atoms with Crippen molar-refractivity contribution in [2.45, 2.75) is 13.3 Å². The first-order valence-electron chi connectivity index (χ1n) is 3.91. The van der Waals surface area contributed by atoms with Crippen LogP contribution in [-0.4, -0.2) is 15.2 Å². The van der Waals surface area contributed by atoms with Crippen LogP contribution in [0.5, 0.6) is 0 Å². The highest BCUT2D eigenvalue weighted by Gasteiger charge is 2.12. The number of H-pyrrole nitrogens is 1. The van der Waals surface area contributed by atoms with Crippen LogP contribution in [0.2, 0.25) is 5.02 Å². The summed E-state index contributed by atoms with van der Waals surface area (Å²) in [6, 6.07) is 0. The van der Waals surface area contributed by atoms with Crippen LogP contribution in [0, 0.1) is 5.82 Å². The van der Waals surface area contributed by atoms with Gasteiger partial charge in [-0.3, -0.25) is 5.10 Å². The molecule has 0 aromatic carbocycles. The maximum Gasteiger partial charge on any atom is 0.165 e. The van der Waals surface area contributed by atoms with Gasteiger partial charge in [0.2, 0.25) is 0 Å². The Morgan fingerprint density at radius 3 is 3.08 bits per heavy atom. The summed E-state index contributed by atoms with van der Waals surface area (Å²) in [6.07, 6.45) is 2.05. The van der Waals surface area contributed by atoms with E-state index in [0.717, 1.165) is 0 Å². The molecular formula is C8H7ClFN3. The normalized spacial score (nSPS) is 11.0. The molecule has 0 atom stereocenters. The quantitative estimate of drug-likeness (QED) is 0.766. The van der Waals surface area contributed by atoms with E-state index in [1.807, 2.05) is 6.92 Å².